The first-order valence-corrected chi connectivity index (χ1v) is 11.5. The molecule has 10 heteroatoms. The molecule has 0 amide bonds. The average molecular weight is 484 g/mol. The number of hydrogen-bond donors (Lipinski definition) is 0. The fraction of sp³-hybridized carbons (Fsp3) is 0.238. The second-order valence-corrected chi connectivity index (χ2v) is 9.36. The Hall–Kier alpha value is -2.23. The van der Waals surface area contributed by atoms with Crippen LogP contribution < -0.4 is 0 Å². The number of esters is 1. The van der Waals surface area contributed by atoms with Gasteiger partial charge in [0.2, 0.25) is 15.8 Å². The van der Waals surface area contributed by atoms with Gasteiger partial charge in [0.05, 0.1) is 23.1 Å². The van der Waals surface area contributed by atoms with Gasteiger partial charge in [0.15, 0.2) is 6.61 Å². The van der Waals surface area contributed by atoms with Gasteiger partial charge in [-0.1, -0.05) is 35.3 Å². The third-order valence-corrected chi connectivity index (χ3v) is 6.94. The molecule has 31 heavy (non-hydrogen) atoms. The highest BCUT2D eigenvalue weighted by molar-refractivity contribution is 7.89. The predicted molar refractivity (Wildman–Crippen MR) is 117 cm³/mol. The first-order chi connectivity index (χ1) is 14.8. The van der Waals surface area contributed by atoms with E-state index in [0.29, 0.717) is 36.9 Å². The molecule has 0 unspecified atom stereocenters. The highest BCUT2D eigenvalue weighted by atomic mass is 35.5. The summed E-state index contributed by atoms with van der Waals surface area (Å²) in [6.45, 7) is 0.899. The number of Topliss-reactive ketones (excluding diaryl/α,β-unsaturated/α-hetero) is 1. The van der Waals surface area contributed by atoms with Crippen molar-refractivity contribution < 1.29 is 27.5 Å². The van der Waals surface area contributed by atoms with Crippen molar-refractivity contribution in [1.82, 2.24) is 4.31 Å². The number of sulfonamides is 1. The number of rotatable bonds is 7. The maximum absolute atomic E-state index is 12.6. The van der Waals surface area contributed by atoms with Crippen LogP contribution in [0.1, 0.15) is 15.9 Å². The number of benzene rings is 2. The van der Waals surface area contributed by atoms with Crippen LogP contribution in [0.5, 0.6) is 0 Å². The maximum Gasteiger partial charge on any atom is 0.331 e. The molecule has 0 atom stereocenters. The predicted octanol–water partition coefficient (Wildman–Crippen LogP) is 3.45. The Morgan fingerprint density at radius 1 is 1.06 bits per heavy atom. The van der Waals surface area contributed by atoms with E-state index in [-0.39, 0.29) is 15.5 Å². The molecule has 2 aromatic carbocycles. The number of ether oxygens (including phenoxy) is 2. The number of carbonyl (C=O) groups excluding carboxylic acids is 2. The van der Waals surface area contributed by atoms with Gasteiger partial charge in [-0.05, 0) is 42.0 Å². The van der Waals surface area contributed by atoms with Crippen molar-refractivity contribution in [2.75, 3.05) is 32.9 Å². The van der Waals surface area contributed by atoms with Crippen molar-refractivity contribution >= 4 is 51.1 Å². The molecule has 1 heterocycles. The highest BCUT2D eigenvalue weighted by Crippen LogP contribution is 2.21. The number of nitrogens with zero attached hydrogens (tertiary/aromatic N) is 1. The standard InChI is InChI=1S/C21H19Cl2NO6S/c22-16-4-7-18(19(23)13-16)20(25)14-30-21(26)8-3-15-1-5-17(6-2-15)31(27,28)24-9-11-29-12-10-24/h1-8,13H,9-12,14H2/b8-3+. The van der Waals surface area contributed by atoms with Gasteiger partial charge in [-0.15, -0.1) is 0 Å². The minimum Gasteiger partial charge on any atom is -0.454 e. The van der Waals surface area contributed by atoms with Crippen LogP contribution in [0.3, 0.4) is 0 Å². The molecule has 0 saturated carbocycles. The second-order valence-electron chi connectivity index (χ2n) is 6.57. The molecule has 1 fully saturated rings. The Bertz CT molecular complexity index is 1090. The highest BCUT2D eigenvalue weighted by Gasteiger charge is 2.25. The molecule has 0 bridgehead atoms. The lowest BCUT2D eigenvalue weighted by Gasteiger charge is -2.26. The SMILES string of the molecule is O=C(/C=C/c1ccc(S(=O)(=O)N2CCOCC2)cc1)OCC(=O)c1ccc(Cl)cc1Cl. The van der Waals surface area contributed by atoms with Gasteiger partial charge in [-0.25, -0.2) is 13.2 Å². The Labute approximate surface area is 190 Å². The lowest BCUT2D eigenvalue weighted by Crippen LogP contribution is -2.40. The van der Waals surface area contributed by atoms with Crippen molar-refractivity contribution in [2.24, 2.45) is 0 Å². The summed E-state index contributed by atoms with van der Waals surface area (Å²) in [6.07, 6.45) is 2.62. The van der Waals surface area contributed by atoms with Crippen molar-refractivity contribution in [3.05, 3.63) is 69.7 Å². The van der Waals surface area contributed by atoms with E-state index in [9.17, 15) is 18.0 Å². The van der Waals surface area contributed by atoms with Gasteiger partial charge in [-0.2, -0.15) is 4.31 Å². The topological polar surface area (TPSA) is 90.0 Å². The molecule has 164 valence electrons. The molecule has 0 radical (unpaired) electrons. The van der Waals surface area contributed by atoms with Gasteiger partial charge in [0.25, 0.3) is 0 Å². The third-order valence-electron chi connectivity index (χ3n) is 4.48. The monoisotopic (exact) mass is 483 g/mol. The van der Waals surface area contributed by atoms with Crippen LogP contribution in [-0.4, -0.2) is 57.4 Å². The summed E-state index contributed by atoms with van der Waals surface area (Å²) in [5.74, 6) is -1.18. The number of hydrogen-bond acceptors (Lipinski definition) is 6. The first-order valence-electron chi connectivity index (χ1n) is 9.28. The van der Waals surface area contributed by atoms with Crippen LogP contribution in [0, 0.1) is 0 Å². The summed E-state index contributed by atoms with van der Waals surface area (Å²) in [5, 5.41) is 0.571. The minimum atomic E-state index is -3.58. The number of carbonyl (C=O) groups is 2. The smallest absolute Gasteiger partial charge is 0.331 e. The molecule has 2 aromatic rings. The molecule has 1 saturated heterocycles. The van der Waals surface area contributed by atoms with Gasteiger partial charge in [0.1, 0.15) is 0 Å². The zero-order chi connectivity index (χ0) is 22.4. The van der Waals surface area contributed by atoms with E-state index < -0.39 is 28.4 Å². The molecule has 1 aliphatic heterocycles. The molecule has 3 rings (SSSR count). The Morgan fingerprint density at radius 2 is 1.74 bits per heavy atom. The van der Waals surface area contributed by atoms with Crippen LogP contribution in [0.4, 0.5) is 0 Å². The van der Waals surface area contributed by atoms with E-state index in [2.05, 4.69) is 0 Å². The minimum absolute atomic E-state index is 0.166. The van der Waals surface area contributed by atoms with Crippen molar-refractivity contribution in [2.45, 2.75) is 4.90 Å². The summed E-state index contributed by atoms with van der Waals surface area (Å²) in [5.41, 5.74) is 0.810. The van der Waals surface area contributed by atoms with Gasteiger partial charge in [-0.3, -0.25) is 4.79 Å². The van der Waals surface area contributed by atoms with E-state index in [1.165, 1.54) is 40.7 Å². The molecule has 0 spiro atoms. The van der Waals surface area contributed by atoms with Crippen LogP contribution in [0.15, 0.2) is 53.4 Å². The number of halogens is 2. The van der Waals surface area contributed by atoms with Crippen LogP contribution in [0.2, 0.25) is 10.0 Å². The normalized spacial score (nSPS) is 15.2. The first kappa shape index (κ1) is 23.4. The second kappa shape index (κ2) is 10.4. The molecule has 0 aliphatic carbocycles. The Morgan fingerprint density at radius 3 is 2.39 bits per heavy atom. The van der Waals surface area contributed by atoms with E-state index in [4.69, 9.17) is 32.7 Å². The zero-order valence-corrected chi connectivity index (χ0v) is 18.6. The van der Waals surface area contributed by atoms with Crippen molar-refractivity contribution in [3.8, 4) is 0 Å². The van der Waals surface area contributed by atoms with Crippen LogP contribution >= 0.6 is 23.2 Å². The van der Waals surface area contributed by atoms with Crippen molar-refractivity contribution in [3.63, 3.8) is 0 Å². The van der Waals surface area contributed by atoms with E-state index in [1.54, 1.807) is 12.1 Å². The molecule has 1 aliphatic rings. The maximum atomic E-state index is 12.6. The zero-order valence-electron chi connectivity index (χ0n) is 16.3. The fourth-order valence-electron chi connectivity index (χ4n) is 2.83. The summed E-state index contributed by atoms with van der Waals surface area (Å²) < 4.78 is 36.7. The molecule has 7 nitrogen and oxygen atoms in total. The lowest BCUT2D eigenvalue weighted by atomic mass is 10.1. The van der Waals surface area contributed by atoms with E-state index in [0.717, 1.165) is 6.08 Å². The molecule has 0 N–H and O–H groups in total. The summed E-state index contributed by atoms with van der Waals surface area (Å²) in [7, 11) is -3.58. The van der Waals surface area contributed by atoms with Gasteiger partial charge >= 0.3 is 5.97 Å². The largest absolute Gasteiger partial charge is 0.454 e. The van der Waals surface area contributed by atoms with Gasteiger partial charge < -0.3 is 9.47 Å². The number of ketones is 1. The fourth-order valence-corrected chi connectivity index (χ4v) is 4.75. The third kappa shape index (κ3) is 6.15. The van der Waals surface area contributed by atoms with Gasteiger partial charge in [0, 0.05) is 29.8 Å². The Balaban J connectivity index is 1.56. The number of morpholine rings is 1. The van der Waals surface area contributed by atoms with Crippen molar-refractivity contribution in [1.29, 1.82) is 0 Å². The molecular weight excluding hydrogens is 465 g/mol. The quantitative estimate of drug-likeness (QED) is 0.340. The van der Waals surface area contributed by atoms with E-state index in [1.807, 2.05) is 0 Å². The van der Waals surface area contributed by atoms with Crippen LogP contribution in [-0.2, 0) is 24.3 Å². The molecular formula is C21H19Cl2NO6S. The summed E-state index contributed by atoms with van der Waals surface area (Å²) >= 11 is 11.8. The summed E-state index contributed by atoms with van der Waals surface area (Å²) in [4.78, 5) is 24.2. The summed E-state index contributed by atoms with van der Waals surface area (Å²) in [6, 6.07) is 10.5. The van der Waals surface area contributed by atoms with Crippen LogP contribution in [0.25, 0.3) is 6.08 Å². The Kier molecular flexibility index (Phi) is 7.85. The molecule has 0 aromatic heterocycles. The average Bonchev–Trinajstić information content (AvgIpc) is 2.77. The van der Waals surface area contributed by atoms with E-state index >= 15 is 0 Å². The lowest BCUT2D eigenvalue weighted by molar-refractivity contribution is -0.136.